The van der Waals surface area contributed by atoms with Crippen molar-refractivity contribution in [3.8, 4) is 0 Å². The highest BCUT2D eigenvalue weighted by molar-refractivity contribution is 5.46. The molecule has 1 aromatic heterocycles. The van der Waals surface area contributed by atoms with Crippen LogP contribution in [0.2, 0.25) is 0 Å². The van der Waals surface area contributed by atoms with E-state index in [1.807, 2.05) is 13.2 Å². The van der Waals surface area contributed by atoms with Crippen LogP contribution in [0.4, 0.5) is 11.8 Å². The summed E-state index contributed by atoms with van der Waals surface area (Å²) in [4.78, 5) is 8.77. The van der Waals surface area contributed by atoms with Crippen LogP contribution in [-0.2, 0) is 0 Å². The third kappa shape index (κ3) is 1.72. The van der Waals surface area contributed by atoms with Gasteiger partial charge in [-0.25, -0.2) is 4.98 Å². The van der Waals surface area contributed by atoms with Crippen LogP contribution in [0, 0.1) is 23.7 Å². The lowest BCUT2D eigenvalue weighted by molar-refractivity contribution is -0.00273. The first-order valence-electron chi connectivity index (χ1n) is 7.54. The molecule has 5 rings (SSSR count). The van der Waals surface area contributed by atoms with Crippen LogP contribution < -0.4 is 11.1 Å². The second kappa shape index (κ2) is 4.09. The standard InChI is InChI=1S/C15H22N4/c1-17-15-18-7-12(14(16)19-15)13-10-3-8-2-9(5-10)6-11(13)4-8/h7-11,13H,2-6H2,1H3,(H3,16,17,18,19). The van der Waals surface area contributed by atoms with Crippen LogP contribution in [0.5, 0.6) is 0 Å². The average molecular weight is 258 g/mol. The Bertz CT molecular complexity index is 471. The van der Waals surface area contributed by atoms with E-state index in [1.165, 1.54) is 37.7 Å². The fraction of sp³-hybridized carbons (Fsp3) is 0.733. The summed E-state index contributed by atoms with van der Waals surface area (Å²) in [7, 11) is 1.83. The van der Waals surface area contributed by atoms with E-state index < -0.39 is 0 Å². The molecule has 1 aromatic rings. The van der Waals surface area contributed by atoms with Gasteiger partial charge in [-0.15, -0.1) is 0 Å². The molecule has 0 amide bonds. The zero-order chi connectivity index (χ0) is 13.0. The van der Waals surface area contributed by atoms with Crippen LogP contribution >= 0.6 is 0 Å². The van der Waals surface area contributed by atoms with Gasteiger partial charge < -0.3 is 11.1 Å². The van der Waals surface area contributed by atoms with Crippen molar-refractivity contribution in [2.24, 2.45) is 23.7 Å². The van der Waals surface area contributed by atoms with Gasteiger partial charge in [0.25, 0.3) is 0 Å². The largest absolute Gasteiger partial charge is 0.383 e. The smallest absolute Gasteiger partial charge is 0.224 e. The lowest BCUT2D eigenvalue weighted by atomic mass is 9.51. The molecular weight excluding hydrogens is 236 g/mol. The predicted molar refractivity (Wildman–Crippen MR) is 75.8 cm³/mol. The third-order valence-electron chi connectivity index (χ3n) is 5.66. The Balaban J connectivity index is 1.69. The van der Waals surface area contributed by atoms with Crippen molar-refractivity contribution >= 4 is 11.8 Å². The molecule has 4 nitrogen and oxygen atoms in total. The van der Waals surface area contributed by atoms with E-state index in [0.717, 1.165) is 23.7 Å². The first kappa shape index (κ1) is 11.5. The van der Waals surface area contributed by atoms with Crippen LogP contribution in [-0.4, -0.2) is 17.0 Å². The van der Waals surface area contributed by atoms with Gasteiger partial charge in [0.15, 0.2) is 0 Å². The van der Waals surface area contributed by atoms with Crippen LogP contribution in [0.3, 0.4) is 0 Å². The van der Waals surface area contributed by atoms with E-state index in [4.69, 9.17) is 5.73 Å². The highest BCUT2D eigenvalue weighted by Gasteiger charge is 2.49. The molecule has 4 aliphatic rings. The Morgan fingerprint density at radius 1 is 1.11 bits per heavy atom. The van der Waals surface area contributed by atoms with Crippen LogP contribution in [0.25, 0.3) is 0 Å². The predicted octanol–water partition coefficient (Wildman–Crippen LogP) is 2.64. The number of anilines is 2. The van der Waals surface area contributed by atoms with E-state index >= 15 is 0 Å². The van der Waals surface area contributed by atoms with Gasteiger partial charge in [-0.05, 0) is 61.7 Å². The molecule has 0 saturated heterocycles. The lowest BCUT2D eigenvalue weighted by Gasteiger charge is -2.54. The average Bonchev–Trinajstić information content (AvgIpc) is 2.39. The molecule has 4 aliphatic carbocycles. The topological polar surface area (TPSA) is 63.8 Å². The molecule has 0 atom stereocenters. The maximum atomic E-state index is 6.19. The van der Waals surface area contributed by atoms with E-state index in [2.05, 4.69) is 15.3 Å². The summed E-state index contributed by atoms with van der Waals surface area (Å²) in [5.74, 6) is 5.61. The molecule has 0 aromatic carbocycles. The molecule has 0 aliphatic heterocycles. The van der Waals surface area contributed by atoms with Crippen LogP contribution in [0.15, 0.2) is 6.20 Å². The maximum Gasteiger partial charge on any atom is 0.224 e. The zero-order valence-corrected chi connectivity index (χ0v) is 11.5. The molecule has 0 spiro atoms. The summed E-state index contributed by atoms with van der Waals surface area (Å²) in [5, 5.41) is 2.96. The normalized spacial score (nSPS) is 39.5. The summed E-state index contributed by atoms with van der Waals surface area (Å²) in [6, 6.07) is 0. The van der Waals surface area contributed by atoms with Crippen molar-refractivity contribution in [2.75, 3.05) is 18.1 Å². The first-order valence-corrected chi connectivity index (χ1v) is 7.54. The van der Waals surface area contributed by atoms with Gasteiger partial charge in [-0.2, -0.15) is 4.98 Å². The van der Waals surface area contributed by atoms with Crippen molar-refractivity contribution in [2.45, 2.75) is 38.0 Å². The fourth-order valence-corrected chi connectivity index (χ4v) is 5.21. The summed E-state index contributed by atoms with van der Waals surface area (Å²) >= 11 is 0. The van der Waals surface area contributed by atoms with Gasteiger partial charge in [0, 0.05) is 18.8 Å². The van der Waals surface area contributed by atoms with Crippen LogP contribution in [0.1, 0.15) is 43.6 Å². The van der Waals surface area contributed by atoms with Crippen molar-refractivity contribution in [1.29, 1.82) is 0 Å². The second-order valence-corrected chi connectivity index (χ2v) is 6.74. The fourth-order valence-electron chi connectivity index (χ4n) is 5.21. The van der Waals surface area contributed by atoms with Gasteiger partial charge in [0.1, 0.15) is 5.82 Å². The Kier molecular flexibility index (Phi) is 2.47. The molecular formula is C15H22N4. The van der Waals surface area contributed by atoms with Crippen molar-refractivity contribution in [1.82, 2.24) is 9.97 Å². The zero-order valence-electron chi connectivity index (χ0n) is 11.5. The van der Waals surface area contributed by atoms with Crippen molar-refractivity contribution in [3.05, 3.63) is 11.8 Å². The number of nitrogens with two attached hydrogens (primary N) is 1. The van der Waals surface area contributed by atoms with Gasteiger partial charge in [0.05, 0.1) is 0 Å². The highest BCUT2D eigenvalue weighted by Crippen LogP contribution is 2.60. The van der Waals surface area contributed by atoms with Gasteiger partial charge in [-0.3, -0.25) is 0 Å². The summed E-state index contributed by atoms with van der Waals surface area (Å²) < 4.78 is 0. The number of hydrogen-bond donors (Lipinski definition) is 2. The van der Waals surface area contributed by atoms with Gasteiger partial charge in [0.2, 0.25) is 5.95 Å². The summed E-state index contributed by atoms with van der Waals surface area (Å²) in [6.07, 6.45) is 9.09. The summed E-state index contributed by atoms with van der Waals surface area (Å²) in [5.41, 5.74) is 7.40. The van der Waals surface area contributed by atoms with E-state index in [1.54, 1.807) is 0 Å². The summed E-state index contributed by atoms with van der Waals surface area (Å²) in [6.45, 7) is 0. The molecule has 0 unspecified atom stereocenters. The number of nitrogens with one attached hydrogen (secondary N) is 1. The Hall–Kier alpha value is -1.32. The van der Waals surface area contributed by atoms with E-state index in [9.17, 15) is 0 Å². The maximum absolute atomic E-state index is 6.19. The van der Waals surface area contributed by atoms with Crippen molar-refractivity contribution in [3.63, 3.8) is 0 Å². The molecule has 4 saturated carbocycles. The highest BCUT2D eigenvalue weighted by atomic mass is 15.1. The number of rotatable bonds is 2. The molecule has 4 fully saturated rings. The molecule has 3 N–H and O–H groups in total. The molecule has 19 heavy (non-hydrogen) atoms. The second-order valence-electron chi connectivity index (χ2n) is 6.74. The number of nitrogen functional groups attached to an aromatic ring is 1. The Labute approximate surface area is 114 Å². The molecule has 1 heterocycles. The Morgan fingerprint density at radius 2 is 1.74 bits per heavy atom. The minimum absolute atomic E-state index is 0.624. The third-order valence-corrected chi connectivity index (χ3v) is 5.66. The molecule has 4 heteroatoms. The minimum Gasteiger partial charge on any atom is -0.383 e. The molecule has 4 bridgehead atoms. The number of aromatic nitrogens is 2. The monoisotopic (exact) mass is 258 g/mol. The van der Waals surface area contributed by atoms with Crippen molar-refractivity contribution < 1.29 is 0 Å². The minimum atomic E-state index is 0.624. The lowest BCUT2D eigenvalue weighted by Crippen LogP contribution is -2.44. The SMILES string of the molecule is CNc1ncc(C2C3CC4CC(C3)CC2C4)c(N)n1. The van der Waals surface area contributed by atoms with E-state index in [-0.39, 0.29) is 0 Å². The van der Waals surface area contributed by atoms with E-state index in [0.29, 0.717) is 17.7 Å². The van der Waals surface area contributed by atoms with Gasteiger partial charge in [-0.1, -0.05) is 0 Å². The first-order chi connectivity index (χ1) is 9.24. The molecule has 102 valence electrons. The van der Waals surface area contributed by atoms with Gasteiger partial charge >= 0.3 is 0 Å². The molecule has 0 radical (unpaired) electrons. The number of hydrogen-bond acceptors (Lipinski definition) is 4. The number of nitrogens with zero attached hydrogens (tertiary/aromatic N) is 2. The quantitative estimate of drug-likeness (QED) is 0.856. The Morgan fingerprint density at radius 3 is 2.26 bits per heavy atom.